The molecule has 1 aliphatic rings. The minimum atomic E-state index is 1.24. The second-order valence-electron chi connectivity index (χ2n) is 1.84. The average Bonchev–Trinajstić information content (AvgIpc) is 2.14. The van der Waals surface area contributed by atoms with Gasteiger partial charge in [0, 0.05) is 0 Å². The van der Waals surface area contributed by atoms with Gasteiger partial charge < -0.3 is 4.81 Å². The highest BCUT2D eigenvalue weighted by molar-refractivity contribution is 9.23. The van der Waals surface area contributed by atoms with Gasteiger partial charge in [-0.2, -0.15) is 0 Å². The molecule has 0 atom stereocenters. The van der Waals surface area contributed by atoms with Gasteiger partial charge >= 0.3 is 6.24 Å². The molecule has 0 saturated carbocycles. The summed E-state index contributed by atoms with van der Waals surface area (Å²) in [4.78, 5) is 2.28. The molecule has 0 aromatic heterocycles. The third-order valence-electron chi connectivity index (χ3n) is 1.28. The molecule has 1 radical (unpaired) electrons. The fourth-order valence-electron chi connectivity index (χ4n) is 0.839. The van der Waals surface area contributed by atoms with Crippen molar-refractivity contribution in [3.05, 3.63) is 0 Å². The summed E-state index contributed by atoms with van der Waals surface area (Å²) in [5.74, 6) is 0. The lowest BCUT2D eigenvalue weighted by Gasteiger charge is -2.05. The first-order valence-corrected chi connectivity index (χ1v) is 3.52. The first-order chi connectivity index (χ1) is 3.43. The van der Waals surface area contributed by atoms with Crippen LogP contribution < -0.4 is 0 Å². The fraction of sp³-hybridized carbons (Fsp3) is 1.00. The lowest BCUT2D eigenvalue weighted by Crippen LogP contribution is -2.18. The van der Waals surface area contributed by atoms with Crippen molar-refractivity contribution in [3.8, 4) is 0 Å². The lowest BCUT2D eigenvalue weighted by atomic mass is 10.3. The third-order valence-corrected chi connectivity index (χ3v) is 1.86. The van der Waals surface area contributed by atoms with Crippen LogP contribution in [-0.4, -0.2) is 24.1 Å². The van der Waals surface area contributed by atoms with E-state index in [1.807, 2.05) is 6.24 Å². The first-order valence-electron chi connectivity index (χ1n) is 2.61. The van der Waals surface area contributed by atoms with Crippen LogP contribution in [0.3, 0.4) is 0 Å². The molecule has 0 N–H and O–H groups in total. The van der Waals surface area contributed by atoms with Gasteiger partial charge in [0.1, 0.15) is 0 Å². The Hall–Kier alpha value is 0.505. The molecule has 3 heteroatoms. The van der Waals surface area contributed by atoms with Gasteiger partial charge in [0.05, 0.1) is 0 Å². The van der Waals surface area contributed by atoms with E-state index in [4.69, 9.17) is 0 Å². The SMILES string of the molecule is Br[B]N1CCCC1. The number of halogens is 1. The van der Waals surface area contributed by atoms with Crippen molar-refractivity contribution in [1.29, 1.82) is 0 Å². The van der Waals surface area contributed by atoms with E-state index in [1.165, 1.54) is 25.9 Å². The van der Waals surface area contributed by atoms with Crippen LogP contribution in [0.5, 0.6) is 0 Å². The highest BCUT2D eigenvalue weighted by atomic mass is 79.9. The van der Waals surface area contributed by atoms with Crippen molar-refractivity contribution in [2.45, 2.75) is 12.8 Å². The summed E-state index contributed by atoms with van der Waals surface area (Å²) in [5, 5.41) is 0. The number of hydrogen-bond donors (Lipinski definition) is 0. The maximum atomic E-state index is 3.28. The zero-order chi connectivity index (χ0) is 5.11. The van der Waals surface area contributed by atoms with E-state index < -0.39 is 0 Å². The van der Waals surface area contributed by atoms with E-state index in [0.717, 1.165) is 0 Å². The Labute approximate surface area is 53.3 Å². The highest BCUT2D eigenvalue weighted by Gasteiger charge is 2.08. The minimum absolute atomic E-state index is 1.24. The summed E-state index contributed by atoms with van der Waals surface area (Å²) in [6.07, 6.45) is 4.71. The van der Waals surface area contributed by atoms with Gasteiger partial charge in [0.25, 0.3) is 0 Å². The molecular weight excluding hydrogens is 153 g/mol. The molecule has 0 aromatic carbocycles. The van der Waals surface area contributed by atoms with Crippen LogP contribution in [0, 0.1) is 0 Å². The van der Waals surface area contributed by atoms with Crippen LogP contribution >= 0.6 is 15.8 Å². The number of nitrogens with zero attached hydrogens (tertiary/aromatic N) is 1. The molecular formula is C4H8BBrN. The summed E-state index contributed by atoms with van der Waals surface area (Å²) in [6.45, 7) is 2.48. The van der Waals surface area contributed by atoms with Crippen molar-refractivity contribution < 1.29 is 0 Å². The Kier molecular flexibility index (Phi) is 2.20. The van der Waals surface area contributed by atoms with Gasteiger partial charge in [-0.25, -0.2) is 0 Å². The maximum Gasteiger partial charge on any atom is 0.301 e. The quantitative estimate of drug-likeness (QED) is 0.518. The topological polar surface area (TPSA) is 3.24 Å². The van der Waals surface area contributed by atoms with Crippen molar-refractivity contribution in [3.63, 3.8) is 0 Å². The van der Waals surface area contributed by atoms with Crippen LogP contribution in [0.1, 0.15) is 12.8 Å². The summed E-state index contributed by atoms with van der Waals surface area (Å²) in [5.41, 5.74) is 0. The van der Waals surface area contributed by atoms with E-state index in [9.17, 15) is 0 Å². The standard InChI is InChI=1S/C4H8BBrN/c6-5-7-3-1-2-4-7/h1-4H2. The third kappa shape index (κ3) is 1.46. The Morgan fingerprint density at radius 1 is 1.29 bits per heavy atom. The fourth-order valence-corrected chi connectivity index (χ4v) is 1.25. The van der Waals surface area contributed by atoms with Crippen molar-refractivity contribution in [2.75, 3.05) is 13.1 Å². The molecule has 1 aliphatic heterocycles. The van der Waals surface area contributed by atoms with Gasteiger partial charge in [0.15, 0.2) is 0 Å². The molecule has 0 spiro atoms. The molecule has 1 fully saturated rings. The normalized spacial score (nSPS) is 23.0. The maximum absolute atomic E-state index is 3.28. The summed E-state index contributed by atoms with van der Waals surface area (Å²) in [7, 11) is 0. The molecule has 0 aliphatic carbocycles. The summed E-state index contributed by atoms with van der Waals surface area (Å²) in [6, 6.07) is 0. The molecule has 1 heterocycles. The predicted octanol–water partition coefficient (Wildman–Crippen LogP) is 1.01. The molecule has 0 bridgehead atoms. The van der Waals surface area contributed by atoms with Gasteiger partial charge in [-0.3, -0.25) is 0 Å². The van der Waals surface area contributed by atoms with Crippen LogP contribution in [0.4, 0.5) is 0 Å². The Morgan fingerprint density at radius 2 is 1.86 bits per heavy atom. The Morgan fingerprint density at radius 3 is 2.14 bits per heavy atom. The lowest BCUT2D eigenvalue weighted by molar-refractivity contribution is 0.562. The smallest absolute Gasteiger partial charge is 0.301 e. The zero-order valence-corrected chi connectivity index (χ0v) is 5.82. The molecule has 39 valence electrons. The minimum Gasteiger partial charge on any atom is -0.336 e. The van der Waals surface area contributed by atoms with Crippen LogP contribution in [0.15, 0.2) is 0 Å². The molecule has 0 amide bonds. The van der Waals surface area contributed by atoms with Gasteiger partial charge in [-0.1, -0.05) is 0 Å². The van der Waals surface area contributed by atoms with Crippen molar-refractivity contribution >= 4 is 22.0 Å². The van der Waals surface area contributed by atoms with Gasteiger partial charge in [0.2, 0.25) is 0 Å². The Bertz CT molecular complexity index is 53.7. The number of rotatable bonds is 1. The van der Waals surface area contributed by atoms with E-state index in [2.05, 4.69) is 20.6 Å². The highest BCUT2D eigenvalue weighted by Crippen LogP contribution is 2.05. The van der Waals surface area contributed by atoms with Crippen LogP contribution in [0.25, 0.3) is 0 Å². The summed E-state index contributed by atoms with van der Waals surface area (Å²) < 4.78 is 0. The van der Waals surface area contributed by atoms with E-state index in [1.54, 1.807) is 0 Å². The Balaban J connectivity index is 2.14. The first kappa shape index (κ1) is 5.64. The van der Waals surface area contributed by atoms with E-state index in [-0.39, 0.29) is 0 Å². The van der Waals surface area contributed by atoms with E-state index >= 15 is 0 Å². The second-order valence-corrected chi connectivity index (χ2v) is 2.25. The van der Waals surface area contributed by atoms with Gasteiger partial charge in [-0.15, -0.1) is 15.8 Å². The van der Waals surface area contributed by atoms with E-state index in [0.29, 0.717) is 0 Å². The van der Waals surface area contributed by atoms with Crippen LogP contribution in [0.2, 0.25) is 0 Å². The molecule has 0 unspecified atom stereocenters. The zero-order valence-electron chi connectivity index (χ0n) is 4.23. The molecule has 1 nitrogen and oxygen atoms in total. The van der Waals surface area contributed by atoms with Crippen molar-refractivity contribution in [2.24, 2.45) is 0 Å². The molecule has 7 heavy (non-hydrogen) atoms. The summed E-state index contributed by atoms with van der Waals surface area (Å²) >= 11 is 3.28. The molecule has 1 saturated heterocycles. The largest absolute Gasteiger partial charge is 0.336 e. The van der Waals surface area contributed by atoms with Crippen molar-refractivity contribution in [1.82, 2.24) is 4.81 Å². The van der Waals surface area contributed by atoms with Gasteiger partial charge in [-0.05, 0) is 25.9 Å². The monoisotopic (exact) mass is 160 g/mol. The predicted molar refractivity (Wildman–Crippen MR) is 35.5 cm³/mol. The molecule has 0 aromatic rings. The molecule has 1 rings (SSSR count). The van der Waals surface area contributed by atoms with Crippen LogP contribution in [-0.2, 0) is 0 Å². The number of hydrogen-bond acceptors (Lipinski definition) is 1. The second kappa shape index (κ2) is 2.73. The average molecular weight is 161 g/mol.